The number of nitrogen functional groups attached to an aromatic ring is 2. The standard InChI is InChI=1S/C30H38N10O10/c1-40(14-18-13-33-26-24(35-18)25(31)38-30(32)39-26)19-7-4-16(5-8-19)27(44)37-21(29(47)48)9-11-22(42)34-17(15-50-49)6-10-23(43)36-20(28(45)46)3-2-12-41/h4-5,7-8,12-13,17,20-21,49H,2-3,6,9-11,14-15H2,1H3,(H,34,42)(H,36,43)(H,37,44)(H,45,46)(H,47,48)(H4,31,32,33,38,39)/t17-,20-,21-/m0/s1. The average molecular weight is 699 g/mol. The van der Waals surface area contributed by atoms with Gasteiger partial charge in [0.05, 0.1) is 24.5 Å². The molecule has 0 saturated carbocycles. The predicted octanol–water partition coefficient (Wildman–Crippen LogP) is -0.513. The van der Waals surface area contributed by atoms with Crippen LogP contribution in [0.25, 0.3) is 11.2 Å². The Kier molecular flexibility index (Phi) is 14.2. The van der Waals surface area contributed by atoms with Crippen molar-refractivity contribution in [3.05, 3.63) is 41.7 Å². The van der Waals surface area contributed by atoms with Crippen LogP contribution in [0.15, 0.2) is 30.5 Å². The first-order valence-electron chi connectivity index (χ1n) is 15.2. The number of carboxylic acids is 2. The minimum atomic E-state index is -1.42. The number of amides is 3. The van der Waals surface area contributed by atoms with Crippen molar-refractivity contribution in [2.24, 2.45) is 0 Å². The molecule has 0 aliphatic rings. The number of carboxylic acid groups (broad SMARTS) is 2. The van der Waals surface area contributed by atoms with Gasteiger partial charge in [-0.2, -0.15) is 9.97 Å². The maximum absolute atomic E-state index is 12.9. The molecule has 3 atom stereocenters. The Bertz CT molecular complexity index is 1690. The minimum Gasteiger partial charge on any atom is -0.480 e. The second kappa shape index (κ2) is 18.5. The number of aldehydes is 1. The summed E-state index contributed by atoms with van der Waals surface area (Å²) in [6.45, 7) is -0.0980. The Morgan fingerprint density at radius 3 is 2.18 bits per heavy atom. The van der Waals surface area contributed by atoms with Gasteiger partial charge in [-0.15, -0.1) is 0 Å². The highest BCUT2D eigenvalue weighted by atomic mass is 17.1. The lowest BCUT2D eigenvalue weighted by Crippen LogP contribution is -2.44. The number of benzene rings is 1. The van der Waals surface area contributed by atoms with E-state index in [9.17, 15) is 39.0 Å². The van der Waals surface area contributed by atoms with Gasteiger partial charge in [0.1, 0.15) is 25.0 Å². The number of hydrogen-bond acceptors (Lipinski definition) is 15. The summed E-state index contributed by atoms with van der Waals surface area (Å²) in [5, 5.41) is 34.9. The fourth-order valence-electron chi connectivity index (χ4n) is 4.69. The summed E-state index contributed by atoms with van der Waals surface area (Å²) in [6.07, 6.45) is 0.958. The molecule has 50 heavy (non-hydrogen) atoms. The van der Waals surface area contributed by atoms with Crippen LogP contribution in [0.5, 0.6) is 0 Å². The first-order chi connectivity index (χ1) is 23.8. The van der Waals surface area contributed by atoms with Crippen LogP contribution in [0.4, 0.5) is 17.5 Å². The molecule has 3 amide bonds. The third-order valence-corrected chi connectivity index (χ3v) is 7.30. The van der Waals surface area contributed by atoms with Crippen molar-refractivity contribution < 1.29 is 49.1 Å². The zero-order valence-corrected chi connectivity index (χ0v) is 26.9. The van der Waals surface area contributed by atoms with E-state index >= 15 is 0 Å². The van der Waals surface area contributed by atoms with Crippen LogP contribution < -0.4 is 32.3 Å². The highest BCUT2D eigenvalue weighted by molar-refractivity contribution is 5.97. The van der Waals surface area contributed by atoms with Crippen molar-refractivity contribution in [1.29, 1.82) is 0 Å². The maximum Gasteiger partial charge on any atom is 0.326 e. The highest BCUT2D eigenvalue weighted by Gasteiger charge is 2.24. The van der Waals surface area contributed by atoms with Crippen molar-refractivity contribution >= 4 is 64.6 Å². The van der Waals surface area contributed by atoms with E-state index in [1.807, 2.05) is 4.90 Å². The number of aliphatic carboxylic acids is 2. The normalized spacial score (nSPS) is 12.7. The van der Waals surface area contributed by atoms with Gasteiger partial charge in [0, 0.05) is 37.6 Å². The zero-order chi connectivity index (χ0) is 36.8. The smallest absolute Gasteiger partial charge is 0.326 e. The van der Waals surface area contributed by atoms with Gasteiger partial charge in [-0.3, -0.25) is 19.6 Å². The Labute approximate surface area is 284 Å². The second-order valence-corrected chi connectivity index (χ2v) is 11.1. The molecule has 3 rings (SSSR count). The van der Waals surface area contributed by atoms with Crippen LogP contribution in [-0.2, 0) is 35.4 Å². The van der Waals surface area contributed by atoms with Gasteiger partial charge >= 0.3 is 11.9 Å². The average Bonchev–Trinajstić information content (AvgIpc) is 3.07. The maximum atomic E-state index is 12.9. The Morgan fingerprint density at radius 2 is 1.54 bits per heavy atom. The Balaban J connectivity index is 1.51. The molecular weight excluding hydrogens is 660 g/mol. The molecular formula is C30H38N10O10. The predicted molar refractivity (Wildman–Crippen MR) is 175 cm³/mol. The van der Waals surface area contributed by atoms with Crippen molar-refractivity contribution in [3.63, 3.8) is 0 Å². The number of hydrogen-bond donors (Lipinski definition) is 8. The van der Waals surface area contributed by atoms with E-state index in [1.54, 1.807) is 19.2 Å². The van der Waals surface area contributed by atoms with E-state index in [4.69, 9.17) is 16.7 Å². The molecule has 0 radical (unpaired) electrons. The zero-order valence-electron chi connectivity index (χ0n) is 26.9. The number of fused-ring (bicyclic) bond motifs is 1. The van der Waals surface area contributed by atoms with Crippen LogP contribution >= 0.6 is 0 Å². The summed E-state index contributed by atoms with van der Waals surface area (Å²) in [7, 11) is 1.79. The van der Waals surface area contributed by atoms with Crippen LogP contribution in [0.3, 0.4) is 0 Å². The molecule has 20 nitrogen and oxygen atoms in total. The Morgan fingerprint density at radius 1 is 0.900 bits per heavy atom. The summed E-state index contributed by atoms with van der Waals surface area (Å²) < 4.78 is 0. The number of nitrogens with one attached hydrogen (secondary N) is 3. The monoisotopic (exact) mass is 698 g/mol. The van der Waals surface area contributed by atoms with Crippen molar-refractivity contribution in [3.8, 4) is 0 Å². The number of anilines is 3. The molecule has 0 aliphatic carbocycles. The molecule has 2 heterocycles. The second-order valence-electron chi connectivity index (χ2n) is 11.1. The number of aromatic nitrogens is 4. The molecule has 20 heteroatoms. The lowest BCUT2D eigenvalue weighted by molar-refractivity contribution is -0.246. The molecule has 0 bridgehead atoms. The molecule has 0 saturated heterocycles. The first-order valence-corrected chi connectivity index (χ1v) is 15.2. The molecule has 10 N–H and O–H groups in total. The molecule has 2 aromatic heterocycles. The lowest BCUT2D eigenvalue weighted by Gasteiger charge is -2.20. The third kappa shape index (κ3) is 11.6. The van der Waals surface area contributed by atoms with Gasteiger partial charge in [-0.1, -0.05) is 0 Å². The minimum absolute atomic E-state index is 0.0163. The van der Waals surface area contributed by atoms with Gasteiger partial charge < -0.3 is 47.3 Å². The topological polar surface area (TPSA) is 315 Å². The summed E-state index contributed by atoms with van der Waals surface area (Å²) in [5.41, 5.74) is 13.5. The van der Waals surface area contributed by atoms with Gasteiger partial charge in [-0.25, -0.2) is 24.4 Å². The van der Waals surface area contributed by atoms with E-state index in [0.717, 1.165) is 0 Å². The summed E-state index contributed by atoms with van der Waals surface area (Å²) in [4.78, 5) is 93.8. The molecule has 0 unspecified atom stereocenters. The number of nitrogens with zero attached hydrogens (tertiary/aromatic N) is 5. The number of rotatable bonds is 20. The largest absolute Gasteiger partial charge is 0.480 e. The third-order valence-electron chi connectivity index (χ3n) is 7.30. The summed E-state index contributed by atoms with van der Waals surface area (Å²) in [5.74, 6) is -4.61. The Hall–Kier alpha value is -6.02. The summed E-state index contributed by atoms with van der Waals surface area (Å²) >= 11 is 0. The number of carbonyl (C=O) groups excluding carboxylic acids is 4. The molecule has 0 fully saturated rings. The van der Waals surface area contributed by atoms with Crippen LogP contribution in [0.1, 0.15) is 54.6 Å². The SMILES string of the molecule is CN(Cc1cnc2nc(N)nc(N)c2n1)c1ccc(C(=O)N[C@@H](CCC(=O)N[C@@H](CCC(=O)N[C@@H](CCC=O)C(=O)O)COO)C(=O)O)cc1. The number of nitrogens with two attached hydrogens (primary N) is 2. The molecule has 3 aromatic rings. The fourth-order valence-corrected chi connectivity index (χ4v) is 4.69. The molecule has 268 valence electrons. The van der Waals surface area contributed by atoms with Gasteiger partial charge in [0.25, 0.3) is 5.91 Å². The molecule has 0 spiro atoms. The van der Waals surface area contributed by atoms with Crippen molar-refractivity contribution in [1.82, 2.24) is 35.9 Å². The van der Waals surface area contributed by atoms with E-state index < -0.39 is 54.4 Å². The van der Waals surface area contributed by atoms with E-state index in [0.29, 0.717) is 29.7 Å². The van der Waals surface area contributed by atoms with Gasteiger partial charge in [0.15, 0.2) is 17.0 Å². The summed E-state index contributed by atoms with van der Waals surface area (Å²) in [6, 6.07) is 2.74. The lowest BCUT2D eigenvalue weighted by atomic mass is 10.1. The van der Waals surface area contributed by atoms with Crippen LogP contribution in [-0.4, -0.2) is 103 Å². The van der Waals surface area contributed by atoms with Crippen molar-refractivity contribution in [2.75, 3.05) is 30.0 Å². The first kappa shape index (κ1) is 38.4. The van der Waals surface area contributed by atoms with Crippen LogP contribution in [0.2, 0.25) is 0 Å². The highest BCUT2D eigenvalue weighted by Crippen LogP contribution is 2.19. The quantitative estimate of drug-likeness (QED) is 0.0418. The number of carbonyl (C=O) groups is 6. The molecule has 1 aromatic carbocycles. The van der Waals surface area contributed by atoms with Gasteiger partial charge in [-0.05, 0) is 43.5 Å². The van der Waals surface area contributed by atoms with Gasteiger partial charge in [0.2, 0.25) is 17.8 Å². The van der Waals surface area contributed by atoms with E-state index in [1.165, 1.54) is 18.3 Å². The van der Waals surface area contributed by atoms with E-state index in [-0.39, 0.29) is 61.5 Å². The van der Waals surface area contributed by atoms with E-state index in [2.05, 4.69) is 40.8 Å². The molecule has 0 aliphatic heterocycles. The van der Waals surface area contributed by atoms with Crippen molar-refractivity contribution in [2.45, 2.75) is 63.2 Å². The fraction of sp³-hybridized carbons (Fsp3) is 0.400. The van der Waals surface area contributed by atoms with Crippen LogP contribution in [0, 0.1) is 0 Å².